The molecule has 3 rings (SSSR count). The van der Waals surface area contributed by atoms with Gasteiger partial charge in [-0.15, -0.1) is 0 Å². The monoisotopic (exact) mass is 329 g/mol. The van der Waals surface area contributed by atoms with Gasteiger partial charge in [0.05, 0.1) is 12.0 Å². The summed E-state index contributed by atoms with van der Waals surface area (Å²) < 4.78 is 5.09. The fourth-order valence-electron chi connectivity index (χ4n) is 2.87. The summed E-state index contributed by atoms with van der Waals surface area (Å²) in [4.78, 5) is 21.4. The SMILES string of the molecule is COc1ccnc(NC2CCN(Cc3ccccc3[N+](=O)[O-])C2)n1. The molecule has 0 radical (unpaired) electrons. The zero-order valence-corrected chi connectivity index (χ0v) is 13.4. The van der Waals surface area contributed by atoms with Crippen LogP contribution in [0, 0.1) is 10.1 Å². The van der Waals surface area contributed by atoms with Crippen molar-refractivity contribution in [2.75, 3.05) is 25.5 Å². The first kappa shape index (κ1) is 16.1. The zero-order chi connectivity index (χ0) is 16.9. The molecular weight excluding hydrogens is 310 g/mol. The van der Waals surface area contributed by atoms with Crippen LogP contribution in [0.4, 0.5) is 11.6 Å². The number of para-hydroxylation sites is 1. The van der Waals surface area contributed by atoms with Crippen molar-refractivity contribution in [3.05, 3.63) is 52.2 Å². The van der Waals surface area contributed by atoms with E-state index in [0.717, 1.165) is 25.1 Å². The number of methoxy groups -OCH3 is 1. The lowest BCUT2D eigenvalue weighted by Gasteiger charge is -2.16. The maximum absolute atomic E-state index is 11.1. The minimum atomic E-state index is -0.328. The van der Waals surface area contributed by atoms with Crippen molar-refractivity contribution in [2.45, 2.75) is 19.0 Å². The number of rotatable bonds is 6. The summed E-state index contributed by atoms with van der Waals surface area (Å²) >= 11 is 0. The maximum atomic E-state index is 11.1. The van der Waals surface area contributed by atoms with Crippen molar-refractivity contribution in [1.29, 1.82) is 0 Å². The van der Waals surface area contributed by atoms with E-state index in [4.69, 9.17) is 4.74 Å². The lowest BCUT2D eigenvalue weighted by atomic mass is 10.1. The molecule has 0 saturated carbocycles. The average molecular weight is 329 g/mol. The van der Waals surface area contributed by atoms with E-state index < -0.39 is 0 Å². The largest absolute Gasteiger partial charge is 0.481 e. The van der Waals surface area contributed by atoms with Crippen LogP contribution in [0.25, 0.3) is 0 Å². The molecule has 1 N–H and O–H groups in total. The van der Waals surface area contributed by atoms with Crippen molar-refractivity contribution in [1.82, 2.24) is 14.9 Å². The number of likely N-dealkylation sites (tertiary alicyclic amines) is 1. The fourth-order valence-corrected chi connectivity index (χ4v) is 2.87. The molecule has 0 spiro atoms. The van der Waals surface area contributed by atoms with Gasteiger partial charge in [-0.1, -0.05) is 18.2 Å². The van der Waals surface area contributed by atoms with E-state index in [1.807, 2.05) is 12.1 Å². The van der Waals surface area contributed by atoms with E-state index >= 15 is 0 Å². The second-order valence-electron chi connectivity index (χ2n) is 5.67. The molecule has 1 saturated heterocycles. The first-order valence-electron chi connectivity index (χ1n) is 7.74. The van der Waals surface area contributed by atoms with Gasteiger partial charge >= 0.3 is 0 Å². The summed E-state index contributed by atoms with van der Waals surface area (Å²) in [7, 11) is 1.57. The van der Waals surface area contributed by atoms with Gasteiger partial charge in [-0.25, -0.2) is 4.98 Å². The Morgan fingerprint density at radius 2 is 2.25 bits per heavy atom. The smallest absolute Gasteiger partial charge is 0.273 e. The first-order chi connectivity index (χ1) is 11.7. The minimum Gasteiger partial charge on any atom is -0.481 e. The molecule has 24 heavy (non-hydrogen) atoms. The predicted molar refractivity (Wildman–Crippen MR) is 89.0 cm³/mol. The summed E-state index contributed by atoms with van der Waals surface area (Å²) in [5.74, 6) is 1.05. The molecule has 2 heterocycles. The number of nitro benzene ring substituents is 1. The van der Waals surface area contributed by atoms with E-state index in [-0.39, 0.29) is 16.7 Å². The molecule has 1 fully saturated rings. The third-order valence-corrected chi connectivity index (χ3v) is 4.03. The third-order valence-electron chi connectivity index (χ3n) is 4.03. The van der Waals surface area contributed by atoms with Crippen LogP contribution in [0.2, 0.25) is 0 Å². The highest BCUT2D eigenvalue weighted by Gasteiger charge is 2.25. The lowest BCUT2D eigenvalue weighted by Crippen LogP contribution is -2.26. The Balaban J connectivity index is 1.60. The summed E-state index contributed by atoms with van der Waals surface area (Å²) in [5, 5.41) is 14.4. The Kier molecular flexibility index (Phi) is 4.85. The molecule has 0 amide bonds. The quantitative estimate of drug-likeness (QED) is 0.640. The molecule has 0 aliphatic carbocycles. The highest BCUT2D eigenvalue weighted by atomic mass is 16.6. The molecule has 2 aromatic rings. The van der Waals surface area contributed by atoms with Gasteiger partial charge in [0, 0.05) is 49.6 Å². The lowest BCUT2D eigenvalue weighted by molar-refractivity contribution is -0.385. The standard InChI is InChI=1S/C16H19N5O3/c1-24-15-6-8-17-16(19-15)18-13-7-9-20(11-13)10-12-4-2-3-5-14(12)21(22)23/h2-6,8,13H,7,9-11H2,1H3,(H,17,18,19). The Morgan fingerprint density at radius 3 is 3.04 bits per heavy atom. The van der Waals surface area contributed by atoms with E-state index in [0.29, 0.717) is 18.4 Å². The summed E-state index contributed by atoms with van der Waals surface area (Å²) in [6, 6.07) is 8.78. The van der Waals surface area contributed by atoms with E-state index in [1.165, 1.54) is 0 Å². The molecular formula is C16H19N5O3. The number of nitro groups is 1. The second-order valence-corrected chi connectivity index (χ2v) is 5.67. The summed E-state index contributed by atoms with van der Waals surface area (Å²) in [6.07, 6.45) is 2.58. The minimum absolute atomic E-state index is 0.171. The van der Waals surface area contributed by atoms with Crippen molar-refractivity contribution in [2.24, 2.45) is 0 Å². The third kappa shape index (κ3) is 3.77. The number of hydrogen-bond donors (Lipinski definition) is 1. The van der Waals surface area contributed by atoms with Crippen LogP contribution in [-0.4, -0.2) is 46.0 Å². The number of ether oxygens (including phenoxy) is 1. The van der Waals surface area contributed by atoms with Crippen molar-refractivity contribution >= 4 is 11.6 Å². The first-order valence-corrected chi connectivity index (χ1v) is 7.74. The number of hydrogen-bond acceptors (Lipinski definition) is 7. The van der Waals surface area contributed by atoms with Crippen LogP contribution in [0.3, 0.4) is 0 Å². The van der Waals surface area contributed by atoms with Gasteiger partial charge in [0.2, 0.25) is 11.8 Å². The number of nitrogens with zero attached hydrogens (tertiary/aromatic N) is 4. The highest BCUT2D eigenvalue weighted by molar-refractivity contribution is 5.39. The van der Waals surface area contributed by atoms with Gasteiger partial charge in [0.25, 0.3) is 5.69 Å². The van der Waals surface area contributed by atoms with Crippen LogP contribution < -0.4 is 10.1 Å². The second kappa shape index (κ2) is 7.22. The Labute approximate surface area is 139 Å². The van der Waals surface area contributed by atoms with Gasteiger partial charge in [0.1, 0.15) is 0 Å². The van der Waals surface area contributed by atoms with E-state index in [1.54, 1.807) is 31.5 Å². The van der Waals surface area contributed by atoms with Crippen LogP contribution in [0.15, 0.2) is 36.5 Å². The molecule has 0 bridgehead atoms. The summed E-state index contributed by atoms with van der Waals surface area (Å²) in [6.45, 7) is 2.22. The molecule has 1 aromatic carbocycles. The van der Waals surface area contributed by atoms with E-state index in [2.05, 4.69) is 20.2 Å². The Hall–Kier alpha value is -2.74. The van der Waals surface area contributed by atoms with Crippen LogP contribution in [-0.2, 0) is 6.54 Å². The van der Waals surface area contributed by atoms with Gasteiger partial charge in [0.15, 0.2) is 0 Å². The number of aromatic nitrogens is 2. The normalized spacial score (nSPS) is 17.6. The van der Waals surface area contributed by atoms with Crippen LogP contribution >= 0.6 is 0 Å². The number of benzene rings is 1. The molecule has 126 valence electrons. The molecule has 1 atom stereocenters. The van der Waals surface area contributed by atoms with E-state index in [9.17, 15) is 10.1 Å². The van der Waals surface area contributed by atoms with Gasteiger partial charge in [-0.2, -0.15) is 4.98 Å². The fraction of sp³-hybridized carbons (Fsp3) is 0.375. The molecule has 8 heteroatoms. The summed E-state index contributed by atoms with van der Waals surface area (Å²) in [5.41, 5.74) is 0.908. The van der Waals surface area contributed by atoms with Gasteiger partial charge in [-0.05, 0) is 6.42 Å². The predicted octanol–water partition coefficient (Wildman–Crippen LogP) is 2.08. The van der Waals surface area contributed by atoms with Crippen molar-refractivity contribution < 1.29 is 9.66 Å². The number of anilines is 1. The topological polar surface area (TPSA) is 93.4 Å². The zero-order valence-electron chi connectivity index (χ0n) is 13.4. The molecule has 1 aliphatic rings. The Morgan fingerprint density at radius 1 is 1.42 bits per heavy atom. The number of nitrogens with one attached hydrogen (secondary N) is 1. The molecule has 1 unspecified atom stereocenters. The Bertz CT molecular complexity index is 724. The highest BCUT2D eigenvalue weighted by Crippen LogP contribution is 2.22. The molecule has 1 aromatic heterocycles. The van der Waals surface area contributed by atoms with Crippen LogP contribution in [0.1, 0.15) is 12.0 Å². The molecule has 8 nitrogen and oxygen atoms in total. The maximum Gasteiger partial charge on any atom is 0.273 e. The van der Waals surface area contributed by atoms with Gasteiger partial charge in [-0.3, -0.25) is 15.0 Å². The van der Waals surface area contributed by atoms with Crippen LogP contribution in [0.5, 0.6) is 5.88 Å². The van der Waals surface area contributed by atoms with Crippen molar-refractivity contribution in [3.8, 4) is 5.88 Å². The van der Waals surface area contributed by atoms with Gasteiger partial charge < -0.3 is 10.1 Å². The molecule has 1 aliphatic heterocycles. The average Bonchev–Trinajstić information content (AvgIpc) is 3.02. The van der Waals surface area contributed by atoms with Crippen molar-refractivity contribution in [3.63, 3.8) is 0 Å².